The number of nitrogens with one attached hydrogen (secondary N) is 1. The first-order valence-corrected chi connectivity index (χ1v) is 6.48. The highest BCUT2D eigenvalue weighted by Crippen LogP contribution is 2.30. The summed E-state index contributed by atoms with van der Waals surface area (Å²) in [6.45, 7) is 5.43. The number of rotatable bonds is 4. The molecule has 1 amide bonds. The summed E-state index contributed by atoms with van der Waals surface area (Å²) in [6, 6.07) is -0.220. The summed E-state index contributed by atoms with van der Waals surface area (Å²) in [4.78, 5) is 11.8. The third-order valence-electron chi connectivity index (χ3n) is 3.22. The fourth-order valence-corrected chi connectivity index (χ4v) is 2.49. The number of hydrogen-bond donors (Lipinski definition) is 2. The van der Waals surface area contributed by atoms with Gasteiger partial charge in [-0.15, -0.1) is 0 Å². The molecule has 0 aromatic rings. The van der Waals surface area contributed by atoms with Crippen LogP contribution in [0.2, 0.25) is 0 Å². The van der Waals surface area contributed by atoms with Crippen LogP contribution in [0, 0.1) is 5.92 Å². The van der Waals surface area contributed by atoms with Crippen LogP contribution in [0.5, 0.6) is 0 Å². The molecule has 1 aliphatic carbocycles. The van der Waals surface area contributed by atoms with E-state index >= 15 is 0 Å². The van der Waals surface area contributed by atoms with Crippen molar-refractivity contribution in [2.45, 2.75) is 51.0 Å². The fraction of sp³-hybridized carbons (Fsp3) is 0.923. The largest absolute Gasteiger partial charge is 0.444 e. The van der Waals surface area contributed by atoms with E-state index in [2.05, 4.69) is 5.32 Å². The van der Waals surface area contributed by atoms with E-state index in [1.54, 1.807) is 14.2 Å². The fourth-order valence-electron chi connectivity index (χ4n) is 2.49. The Morgan fingerprint density at radius 3 is 2.26 bits per heavy atom. The summed E-state index contributed by atoms with van der Waals surface area (Å²) >= 11 is 0. The van der Waals surface area contributed by atoms with E-state index in [4.69, 9.17) is 14.2 Å². The van der Waals surface area contributed by atoms with E-state index < -0.39 is 11.7 Å². The molecule has 19 heavy (non-hydrogen) atoms. The maximum atomic E-state index is 11.8. The lowest BCUT2D eigenvalue weighted by Crippen LogP contribution is -2.46. The van der Waals surface area contributed by atoms with Gasteiger partial charge in [-0.2, -0.15) is 0 Å². The number of hydrogen-bond acceptors (Lipinski definition) is 5. The van der Waals surface area contributed by atoms with E-state index in [0.29, 0.717) is 6.42 Å². The Bertz CT molecular complexity index is 302. The number of methoxy groups -OCH3 is 2. The molecular weight excluding hydrogens is 250 g/mol. The first-order chi connectivity index (χ1) is 8.82. The number of aliphatic hydroxyl groups excluding tert-OH is 1. The van der Waals surface area contributed by atoms with Gasteiger partial charge in [0, 0.05) is 26.7 Å². The molecule has 1 rings (SSSR count). The first kappa shape index (κ1) is 16.2. The molecule has 1 unspecified atom stereocenters. The van der Waals surface area contributed by atoms with Gasteiger partial charge >= 0.3 is 6.09 Å². The molecule has 6 nitrogen and oxygen atoms in total. The Morgan fingerprint density at radius 2 is 1.84 bits per heavy atom. The number of amides is 1. The summed E-state index contributed by atoms with van der Waals surface area (Å²) in [5, 5.41) is 12.1. The molecular formula is C13H25NO5. The van der Waals surface area contributed by atoms with Gasteiger partial charge in [-0.3, -0.25) is 0 Å². The molecule has 6 heteroatoms. The van der Waals surface area contributed by atoms with Gasteiger partial charge in [-0.05, 0) is 27.2 Å². The van der Waals surface area contributed by atoms with Crippen LogP contribution in [-0.2, 0) is 14.2 Å². The highest BCUT2D eigenvalue weighted by Gasteiger charge is 2.44. The maximum Gasteiger partial charge on any atom is 0.407 e. The average Bonchev–Trinajstić information content (AvgIpc) is 2.62. The third-order valence-corrected chi connectivity index (χ3v) is 3.22. The predicted molar refractivity (Wildman–Crippen MR) is 69.9 cm³/mol. The van der Waals surface area contributed by atoms with Crippen molar-refractivity contribution in [3.8, 4) is 0 Å². The SMILES string of the molecule is CO[C@@H]1[C@@H](CO)CC(NC(=O)OC(C)(C)C)[C@@H]1OC. The van der Waals surface area contributed by atoms with E-state index in [-0.39, 0.29) is 30.8 Å². The Kier molecular flexibility index (Phi) is 5.58. The number of carbonyl (C=O) groups excluding carboxylic acids is 1. The summed E-state index contributed by atoms with van der Waals surface area (Å²) in [6.07, 6.45) is -0.384. The molecule has 0 radical (unpaired) electrons. The second-order valence-corrected chi connectivity index (χ2v) is 5.83. The zero-order chi connectivity index (χ0) is 14.6. The zero-order valence-electron chi connectivity index (χ0n) is 12.3. The monoisotopic (exact) mass is 275 g/mol. The van der Waals surface area contributed by atoms with Gasteiger partial charge in [0.15, 0.2) is 0 Å². The van der Waals surface area contributed by atoms with Crippen LogP contribution in [0.4, 0.5) is 4.79 Å². The molecule has 0 aliphatic heterocycles. The predicted octanol–water partition coefficient (Wildman–Crippen LogP) is 0.922. The molecule has 0 heterocycles. The van der Waals surface area contributed by atoms with Crippen molar-refractivity contribution in [1.82, 2.24) is 5.32 Å². The number of carbonyl (C=O) groups is 1. The lowest BCUT2D eigenvalue weighted by Gasteiger charge is -2.26. The van der Waals surface area contributed by atoms with Crippen LogP contribution >= 0.6 is 0 Å². The van der Waals surface area contributed by atoms with Gasteiger partial charge in [0.2, 0.25) is 0 Å². The van der Waals surface area contributed by atoms with Crippen molar-refractivity contribution >= 4 is 6.09 Å². The molecule has 0 aromatic heterocycles. The Hall–Kier alpha value is -0.850. The first-order valence-electron chi connectivity index (χ1n) is 6.48. The van der Waals surface area contributed by atoms with Crippen LogP contribution < -0.4 is 5.32 Å². The normalized spacial score (nSPS) is 31.3. The molecule has 0 spiro atoms. The van der Waals surface area contributed by atoms with Crippen molar-refractivity contribution in [3.63, 3.8) is 0 Å². The lowest BCUT2D eigenvalue weighted by molar-refractivity contribution is -0.0495. The topological polar surface area (TPSA) is 77.0 Å². The van der Waals surface area contributed by atoms with Crippen LogP contribution in [-0.4, -0.2) is 55.9 Å². The molecule has 0 saturated heterocycles. The second-order valence-electron chi connectivity index (χ2n) is 5.83. The van der Waals surface area contributed by atoms with Crippen molar-refractivity contribution < 1.29 is 24.1 Å². The molecule has 0 aromatic carbocycles. The van der Waals surface area contributed by atoms with Crippen molar-refractivity contribution in [2.24, 2.45) is 5.92 Å². The van der Waals surface area contributed by atoms with Gasteiger partial charge in [0.1, 0.15) is 11.7 Å². The minimum absolute atomic E-state index is 0.00483. The van der Waals surface area contributed by atoms with Gasteiger partial charge in [0.05, 0.1) is 12.1 Å². The van der Waals surface area contributed by atoms with Crippen LogP contribution in [0.25, 0.3) is 0 Å². The van der Waals surface area contributed by atoms with Crippen molar-refractivity contribution in [3.05, 3.63) is 0 Å². The Morgan fingerprint density at radius 1 is 1.26 bits per heavy atom. The highest BCUT2D eigenvalue weighted by molar-refractivity contribution is 5.68. The molecule has 1 fully saturated rings. The van der Waals surface area contributed by atoms with Gasteiger partial charge < -0.3 is 24.6 Å². The minimum atomic E-state index is -0.539. The number of aliphatic hydroxyl groups is 1. The van der Waals surface area contributed by atoms with Crippen molar-refractivity contribution in [1.29, 1.82) is 0 Å². The van der Waals surface area contributed by atoms with E-state index in [1.807, 2.05) is 20.8 Å². The second kappa shape index (κ2) is 6.54. The molecule has 1 aliphatic rings. The van der Waals surface area contributed by atoms with Gasteiger partial charge in [-0.1, -0.05) is 0 Å². The van der Waals surface area contributed by atoms with Crippen molar-refractivity contribution in [2.75, 3.05) is 20.8 Å². The molecule has 4 atom stereocenters. The zero-order valence-corrected chi connectivity index (χ0v) is 12.3. The lowest BCUT2D eigenvalue weighted by atomic mass is 10.1. The Labute approximate surface area is 114 Å². The highest BCUT2D eigenvalue weighted by atomic mass is 16.6. The van der Waals surface area contributed by atoms with E-state index in [9.17, 15) is 9.90 Å². The van der Waals surface area contributed by atoms with E-state index in [0.717, 1.165) is 0 Å². The Balaban J connectivity index is 2.64. The van der Waals surface area contributed by atoms with Crippen LogP contribution in [0.3, 0.4) is 0 Å². The molecule has 0 bridgehead atoms. The number of alkyl carbamates (subject to hydrolysis) is 1. The molecule has 2 N–H and O–H groups in total. The van der Waals surface area contributed by atoms with Crippen LogP contribution in [0.15, 0.2) is 0 Å². The number of ether oxygens (including phenoxy) is 3. The quantitative estimate of drug-likeness (QED) is 0.798. The summed E-state index contributed by atoms with van der Waals surface area (Å²) in [7, 11) is 3.15. The molecule has 1 saturated carbocycles. The maximum absolute atomic E-state index is 11.8. The summed E-state index contributed by atoms with van der Waals surface area (Å²) in [5.74, 6) is -0.0464. The van der Waals surface area contributed by atoms with E-state index in [1.165, 1.54) is 0 Å². The molecule has 112 valence electrons. The smallest absolute Gasteiger partial charge is 0.407 e. The van der Waals surface area contributed by atoms with Crippen LogP contribution in [0.1, 0.15) is 27.2 Å². The summed E-state index contributed by atoms with van der Waals surface area (Å²) in [5.41, 5.74) is -0.539. The average molecular weight is 275 g/mol. The minimum Gasteiger partial charge on any atom is -0.444 e. The van der Waals surface area contributed by atoms with Gasteiger partial charge in [-0.25, -0.2) is 4.79 Å². The standard InChI is InChI=1S/C13H25NO5/c1-13(2,3)19-12(16)14-9-6-8(7-15)10(17-4)11(9)18-5/h8-11,15H,6-7H2,1-5H3,(H,14,16)/t8-,9?,10-,11+/m1/s1. The summed E-state index contributed by atoms with van der Waals surface area (Å²) < 4.78 is 16.0. The van der Waals surface area contributed by atoms with Gasteiger partial charge in [0.25, 0.3) is 0 Å². The third kappa shape index (κ3) is 4.33.